The van der Waals surface area contributed by atoms with E-state index in [0.717, 1.165) is 19.6 Å². The number of nitrogens with one attached hydrogen (secondary N) is 3. The van der Waals surface area contributed by atoms with E-state index in [1.165, 1.54) is 89.9 Å². The first-order chi connectivity index (χ1) is 17.2. The largest absolute Gasteiger partial charge is 0.287 e. The van der Waals surface area contributed by atoms with Crippen molar-refractivity contribution in [2.24, 2.45) is 11.3 Å². The highest BCUT2D eigenvalue weighted by Crippen LogP contribution is 2.48. The highest BCUT2D eigenvalue weighted by molar-refractivity contribution is 5.47. The third kappa shape index (κ3) is 11.0. The zero-order valence-corrected chi connectivity index (χ0v) is 26.1. The Hall–Kier alpha value is -0.640. The summed E-state index contributed by atoms with van der Waals surface area (Å²) in [6.07, 6.45) is 18.1. The van der Waals surface area contributed by atoms with E-state index in [1.54, 1.807) is 22.3 Å². The molecule has 0 saturated carbocycles. The van der Waals surface area contributed by atoms with Crippen LogP contribution in [0.2, 0.25) is 0 Å². The highest BCUT2D eigenvalue weighted by Gasteiger charge is 2.36. The Morgan fingerprint density at radius 2 is 0.889 bits per heavy atom. The Morgan fingerprint density at radius 3 is 1.28 bits per heavy atom. The summed E-state index contributed by atoms with van der Waals surface area (Å²) in [6.45, 7) is 24.5. The molecule has 0 aliphatic heterocycles. The van der Waals surface area contributed by atoms with Gasteiger partial charge in [-0.2, -0.15) is 0 Å². The van der Waals surface area contributed by atoms with Gasteiger partial charge in [-0.1, -0.05) is 97.1 Å². The van der Waals surface area contributed by atoms with Crippen molar-refractivity contribution in [2.45, 2.75) is 158 Å². The molecule has 0 bridgehead atoms. The molecule has 0 heterocycles. The summed E-state index contributed by atoms with van der Waals surface area (Å²) < 4.78 is 0. The molecule has 0 saturated heterocycles. The van der Waals surface area contributed by atoms with E-state index in [9.17, 15) is 0 Å². The lowest BCUT2D eigenvalue weighted by atomic mass is 9.70. The number of rotatable bonds is 22. The fourth-order valence-electron chi connectivity index (χ4n) is 6.23. The molecule has 3 heteroatoms. The molecule has 1 aliphatic carbocycles. The summed E-state index contributed by atoms with van der Waals surface area (Å²) in [5.74, 6) is 0.559. The summed E-state index contributed by atoms with van der Waals surface area (Å²) in [6, 6.07) is 0. The van der Waals surface area contributed by atoms with Crippen LogP contribution in [-0.4, -0.2) is 25.4 Å². The maximum atomic E-state index is 3.89. The average molecular weight is 504 g/mol. The first-order valence-corrected chi connectivity index (χ1v) is 15.8. The summed E-state index contributed by atoms with van der Waals surface area (Å²) in [5.41, 5.74) is 6.68. The number of hydrogen-bond donors (Lipinski definition) is 3. The van der Waals surface area contributed by atoms with E-state index in [1.807, 2.05) is 0 Å². The minimum Gasteiger partial charge on any atom is -0.287 e. The van der Waals surface area contributed by atoms with Gasteiger partial charge in [0.1, 0.15) is 5.79 Å². The van der Waals surface area contributed by atoms with Crippen LogP contribution in [-0.2, 0) is 0 Å². The van der Waals surface area contributed by atoms with Crippen LogP contribution in [0.4, 0.5) is 0 Å². The van der Waals surface area contributed by atoms with E-state index < -0.39 is 0 Å². The molecule has 36 heavy (non-hydrogen) atoms. The van der Waals surface area contributed by atoms with Gasteiger partial charge in [0, 0.05) is 5.92 Å². The molecule has 0 unspecified atom stereocenters. The van der Waals surface area contributed by atoms with Gasteiger partial charge in [-0.3, -0.25) is 16.0 Å². The molecule has 1 rings (SSSR count). The second kappa shape index (κ2) is 17.8. The molecule has 0 aromatic carbocycles. The second-order valence-corrected chi connectivity index (χ2v) is 12.4. The smallest absolute Gasteiger partial charge is 0.123 e. The van der Waals surface area contributed by atoms with Gasteiger partial charge in [0.05, 0.1) is 0 Å². The molecule has 3 N–H and O–H groups in total. The Kier molecular flexibility index (Phi) is 16.5. The Bertz CT molecular complexity index is 607. The summed E-state index contributed by atoms with van der Waals surface area (Å²) in [7, 11) is 0. The number of allylic oxidation sites excluding steroid dienone is 4. The van der Waals surface area contributed by atoms with Crippen molar-refractivity contribution in [3.05, 3.63) is 22.3 Å². The average Bonchev–Trinajstić information content (AvgIpc) is 3.04. The lowest BCUT2D eigenvalue weighted by molar-refractivity contribution is 0.174. The lowest BCUT2D eigenvalue weighted by Crippen LogP contribution is -2.66. The molecule has 0 amide bonds. The molecule has 0 spiro atoms. The van der Waals surface area contributed by atoms with Crippen LogP contribution in [0.3, 0.4) is 0 Å². The SMILES string of the molecule is CCCCNC(CCCCCCCCC(C)(C)C1C(C)=C(C)C(C)=C1C)(NCCCC)NCCCC. The van der Waals surface area contributed by atoms with Gasteiger partial charge in [0.2, 0.25) is 0 Å². The van der Waals surface area contributed by atoms with E-state index >= 15 is 0 Å². The van der Waals surface area contributed by atoms with Gasteiger partial charge in [-0.05, 0) is 102 Å². The van der Waals surface area contributed by atoms with Crippen LogP contribution in [0.5, 0.6) is 0 Å². The first kappa shape index (κ1) is 33.4. The lowest BCUT2D eigenvalue weighted by Gasteiger charge is -2.38. The minimum atomic E-state index is -0.0855. The van der Waals surface area contributed by atoms with Crippen molar-refractivity contribution in [3.63, 3.8) is 0 Å². The van der Waals surface area contributed by atoms with Crippen LogP contribution in [0.1, 0.15) is 152 Å². The van der Waals surface area contributed by atoms with Crippen molar-refractivity contribution in [1.29, 1.82) is 0 Å². The van der Waals surface area contributed by atoms with Crippen molar-refractivity contribution < 1.29 is 0 Å². The Morgan fingerprint density at radius 1 is 0.528 bits per heavy atom. The van der Waals surface area contributed by atoms with Crippen LogP contribution < -0.4 is 16.0 Å². The van der Waals surface area contributed by atoms with Crippen LogP contribution >= 0.6 is 0 Å². The highest BCUT2D eigenvalue weighted by atomic mass is 15.3. The molecule has 0 atom stereocenters. The van der Waals surface area contributed by atoms with Crippen molar-refractivity contribution in [3.8, 4) is 0 Å². The van der Waals surface area contributed by atoms with E-state index in [2.05, 4.69) is 78.3 Å². The molecule has 3 nitrogen and oxygen atoms in total. The summed E-state index contributed by atoms with van der Waals surface area (Å²) in [4.78, 5) is 0. The Labute approximate surface area is 227 Å². The molecule has 0 radical (unpaired) electrons. The van der Waals surface area contributed by atoms with Gasteiger partial charge < -0.3 is 0 Å². The minimum absolute atomic E-state index is 0.0855. The predicted octanol–water partition coefficient (Wildman–Crippen LogP) is 9.26. The maximum Gasteiger partial charge on any atom is 0.123 e. The fourth-order valence-corrected chi connectivity index (χ4v) is 6.23. The number of unbranched alkanes of at least 4 members (excludes halogenated alkanes) is 8. The maximum absolute atomic E-state index is 3.89. The quantitative estimate of drug-likeness (QED) is 0.102. The molecular weight excluding hydrogens is 438 g/mol. The van der Waals surface area contributed by atoms with Crippen LogP contribution in [0, 0.1) is 11.3 Å². The molecule has 0 aromatic heterocycles. The van der Waals surface area contributed by atoms with Crippen LogP contribution in [0.15, 0.2) is 22.3 Å². The van der Waals surface area contributed by atoms with Gasteiger partial charge in [-0.25, -0.2) is 0 Å². The van der Waals surface area contributed by atoms with Gasteiger partial charge in [0.15, 0.2) is 0 Å². The second-order valence-electron chi connectivity index (χ2n) is 12.4. The Balaban J connectivity index is 2.45. The van der Waals surface area contributed by atoms with Crippen molar-refractivity contribution in [2.75, 3.05) is 19.6 Å². The van der Waals surface area contributed by atoms with Crippen molar-refractivity contribution in [1.82, 2.24) is 16.0 Å². The topological polar surface area (TPSA) is 36.1 Å². The zero-order chi connectivity index (χ0) is 27.0. The molecular formula is C33H65N3. The van der Waals surface area contributed by atoms with Crippen LogP contribution in [0.25, 0.3) is 0 Å². The van der Waals surface area contributed by atoms with E-state index in [4.69, 9.17) is 0 Å². The van der Waals surface area contributed by atoms with Gasteiger partial charge in [0.25, 0.3) is 0 Å². The molecule has 212 valence electrons. The van der Waals surface area contributed by atoms with Gasteiger partial charge in [-0.15, -0.1) is 0 Å². The first-order valence-electron chi connectivity index (χ1n) is 15.8. The standard InChI is InChI=1S/C33H65N3/c1-10-13-24-34-33(35-25-14-11-2,36-26-15-12-3)23-21-19-17-16-18-20-22-32(8,9)31-29(6)27(4)28(5)30(31)7/h31,34-36H,10-26H2,1-9H3. The predicted molar refractivity (Wildman–Crippen MR) is 162 cm³/mol. The summed E-state index contributed by atoms with van der Waals surface area (Å²) in [5, 5.41) is 11.7. The van der Waals surface area contributed by atoms with E-state index in [-0.39, 0.29) is 5.79 Å². The summed E-state index contributed by atoms with van der Waals surface area (Å²) >= 11 is 0. The van der Waals surface area contributed by atoms with Crippen molar-refractivity contribution >= 4 is 0 Å². The van der Waals surface area contributed by atoms with E-state index in [0.29, 0.717) is 11.3 Å². The molecule has 1 aliphatic rings. The third-order valence-electron chi connectivity index (χ3n) is 8.89. The monoisotopic (exact) mass is 504 g/mol. The normalized spacial score (nSPS) is 15.6. The van der Waals surface area contributed by atoms with Gasteiger partial charge >= 0.3 is 0 Å². The third-order valence-corrected chi connectivity index (χ3v) is 8.89. The fraction of sp³-hybridized carbons (Fsp3) is 0.879. The molecule has 0 fully saturated rings. The number of hydrogen-bond acceptors (Lipinski definition) is 3. The molecule has 0 aromatic rings. The zero-order valence-electron chi connectivity index (χ0n) is 26.1.